The van der Waals surface area contributed by atoms with Crippen molar-refractivity contribution in [3.63, 3.8) is 0 Å². The van der Waals surface area contributed by atoms with Gasteiger partial charge in [-0.15, -0.1) is 11.3 Å². The molecular formula is C22H22FN3O3S. The minimum atomic E-state index is -0.644. The number of aryl methyl sites for hydroxylation is 1. The van der Waals surface area contributed by atoms with Gasteiger partial charge in [-0.3, -0.25) is 9.59 Å². The van der Waals surface area contributed by atoms with Gasteiger partial charge in [-0.2, -0.15) is 4.99 Å². The first-order valence-corrected chi connectivity index (χ1v) is 10.2. The highest BCUT2D eigenvalue weighted by Crippen LogP contribution is 2.13. The molecule has 30 heavy (non-hydrogen) atoms. The predicted octanol–water partition coefficient (Wildman–Crippen LogP) is 3.16. The number of aromatic nitrogens is 1. The number of ether oxygens (including phenoxy) is 1. The number of benzene rings is 2. The standard InChI is InChI=1S/C22H22FN3O3S/c1-15-13-26(22(30-15)25-21(28)18-9-5-6-10-19(18)23)14-16-7-3-4-8-17(16)20(27)24-11-12-29-2/h3-10,13H,11-12,14H2,1-2H3,(H,24,27). The van der Waals surface area contributed by atoms with Crippen LogP contribution in [0.1, 0.15) is 31.2 Å². The summed E-state index contributed by atoms with van der Waals surface area (Å²) in [6, 6.07) is 13.0. The van der Waals surface area contributed by atoms with E-state index in [9.17, 15) is 14.0 Å². The normalized spacial score (nSPS) is 11.5. The minimum absolute atomic E-state index is 0.0759. The lowest BCUT2D eigenvalue weighted by molar-refractivity contribution is 0.0934. The lowest BCUT2D eigenvalue weighted by atomic mass is 10.1. The van der Waals surface area contributed by atoms with Crippen molar-refractivity contribution in [3.05, 3.63) is 86.9 Å². The van der Waals surface area contributed by atoms with E-state index in [1.54, 1.807) is 29.9 Å². The lowest BCUT2D eigenvalue weighted by Crippen LogP contribution is -2.28. The number of methoxy groups -OCH3 is 1. The van der Waals surface area contributed by atoms with Crippen LogP contribution in [0.15, 0.2) is 59.7 Å². The fraction of sp³-hybridized carbons (Fsp3) is 0.227. The molecule has 0 radical (unpaired) electrons. The molecule has 156 valence electrons. The van der Waals surface area contributed by atoms with Crippen LogP contribution >= 0.6 is 11.3 Å². The van der Waals surface area contributed by atoms with E-state index in [4.69, 9.17) is 4.74 Å². The summed E-state index contributed by atoms with van der Waals surface area (Å²) in [4.78, 5) is 30.5. The molecule has 3 rings (SSSR count). The molecule has 0 aliphatic carbocycles. The van der Waals surface area contributed by atoms with Gasteiger partial charge >= 0.3 is 0 Å². The van der Waals surface area contributed by atoms with Crippen LogP contribution in [0, 0.1) is 12.7 Å². The summed E-state index contributed by atoms with van der Waals surface area (Å²) in [7, 11) is 1.57. The zero-order valence-electron chi connectivity index (χ0n) is 16.7. The van der Waals surface area contributed by atoms with E-state index < -0.39 is 11.7 Å². The molecule has 2 aromatic carbocycles. The number of halogens is 1. The molecule has 1 heterocycles. The summed E-state index contributed by atoms with van der Waals surface area (Å²) in [5, 5.41) is 2.82. The Morgan fingerprint density at radius 2 is 1.83 bits per heavy atom. The Morgan fingerprint density at radius 3 is 2.57 bits per heavy atom. The summed E-state index contributed by atoms with van der Waals surface area (Å²) in [6.45, 7) is 3.08. The van der Waals surface area contributed by atoms with Gasteiger partial charge < -0.3 is 14.6 Å². The molecule has 0 unspecified atom stereocenters. The maximum atomic E-state index is 13.9. The van der Waals surface area contributed by atoms with Gasteiger partial charge in [-0.1, -0.05) is 30.3 Å². The van der Waals surface area contributed by atoms with Gasteiger partial charge in [0.2, 0.25) is 0 Å². The number of nitrogens with zero attached hydrogens (tertiary/aromatic N) is 2. The number of thiazole rings is 1. The Bertz CT molecular complexity index is 1120. The summed E-state index contributed by atoms with van der Waals surface area (Å²) >= 11 is 1.33. The van der Waals surface area contributed by atoms with Crippen LogP contribution < -0.4 is 10.1 Å². The van der Waals surface area contributed by atoms with Crippen molar-refractivity contribution in [2.45, 2.75) is 13.5 Å². The first kappa shape index (κ1) is 21.6. The number of hydrogen-bond donors (Lipinski definition) is 1. The quantitative estimate of drug-likeness (QED) is 0.589. The van der Waals surface area contributed by atoms with Crippen LogP contribution in [0.5, 0.6) is 0 Å². The van der Waals surface area contributed by atoms with Crippen LogP contribution in [0.4, 0.5) is 4.39 Å². The van der Waals surface area contributed by atoms with Crippen molar-refractivity contribution in [1.29, 1.82) is 0 Å². The Labute approximate surface area is 177 Å². The minimum Gasteiger partial charge on any atom is -0.383 e. The number of carbonyl (C=O) groups is 2. The second-order valence-corrected chi connectivity index (χ2v) is 7.77. The van der Waals surface area contributed by atoms with Gasteiger partial charge in [0.25, 0.3) is 11.8 Å². The second-order valence-electron chi connectivity index (χ2n) is 6.55. The largest absolute Gasteiger partial charge is 0.383 e. The molecule has 3 aromatic rings. The summed E-state index contributed by atoms with van der Waals surface area (Å²) in [5.41, 5.74) is 1.24. The highest BCUT2D eigenvalue weighted by molar-refractivity contribution is 7.09. The molecule has 0 aliphatic rings. The van der Waals surface area contributed by atoms with E-state index in [0.717, 1.165) is 10.4 Å². The van der Waals surface area contributed by atoms with Crippen molar-refractivity contribution in [2.75, 3.05) is 20.3 Å². The molecule has 0 spiro atoms. The topological polar surface area (TPSA) is 72.7 Å². The van der Waals surface area contributed by atoms with E-state index >= 15 is 0 Å². The lowest BCUT2D eigenvalue weighted by Gasteiger charge is -2.11. The van der Waals surface area contributed by atoms with E-state index in [2.05, 4.69) is 10.3 Å². The fourth-order valence-corrected chi connectivity index (χ4v) is 3.74. The maximum absolute atomic E-state index is 13.9. The molecule has 1 aromatic heterocycles. The van der Waals surface area contributed by atoms with Crippen molar-refractivity contribution >= 4 is 23.2 Å². The van der Waals surface area contributed by atoms with Crippen LogP contribution in [-0.4, -0.2) is 36.6 Å². The Hall–Kier alpha value is -3.10. The zero-order valence-corrected chi connectivity index (χ0v) is 17.5. The van der Waals surface area contributed by atoms with Gasteiger partial charge in [0.1, 0.15) is 5.82 Å². The predicted molar refractivity (Wildman–Crippen MR) is 113 cm³/mol. The van der Waals surface area contributed by atoms with E-state index in [0.29, 0.717) is 30.1 Å². The third kappa shape index (κ3) is 5.28. The molecule has 6 nitrogen and oxygen atoms in total. The summed E-state index contributed by atoms with van der Waals surface area (Å²) < 4.78 is 20.7. The average molecular weight is 428 g/mol. The van der Waals surface area contributed by atoms with Crippen LogP contribution in [0.2, 0.25) is 0 Å². The Balaban J connectivity index is 1.90. The molecule has 0 fully saturated rings. The van der Waals surface area contributed by atoms with Crippen LogP contribution in [-0.2, 0) is 11.3 Å². The number of hydrogen-bond acceptors (Lipinski definition) is 4. The van der Waals surface area contributed by atoms with Crippen molar-refractivity contribution < 1.29 is 18.7 Å². The van der Waals surface area contributed by atoms with Crippen molar-refractivity contribution in [3.8, 4) is 0 Å². The van der Waals surface area contributed by atoms with Gasteiger partial charge in [0.05, 0.1) is 18.7 Å². The van der Waals surface area contributed by atoms with Crippen LogP contribution in [0.3, 0.4) is 0 Å². The monoisotopic (exact) mass is 427 g/mol. The molecule has 0 bridgehead atoms. The summed E-state index contributed by atoms with van der Waals surface area (Å²) in [5.74, 6) is -1.45. The SMILES string of the molecule is COCCNC(=O)c1ccccc1Cn1cc(C)sc1=NC(=O)c1ccccc1F. The molecule has 0 aliphatic heterocycles. The molecule has 0 saturated heterocycles. The average Bonchev–Trinajstić information content (AvgIpc) is 3.07. The number of amides is 2. The number of rotatable bonds is 7. The number of nitrogens with one attached hydrogen (secondary N) is 1. The van der Waals surface area contributed by atoms with E-state index in [-0.39, 0.29) is 11.5 Å². The third-order valence-corrected chi connectivity index (χ3v) is 5.27. The highest BCUT2D eigenvalue weighted by atomic mass is 32.1. The third-order valence-electron chi connectivity index (χ3n) is 4.33. The van der Waals surface area contributed by atoms with Crippen molar-refractivity contribution in [2.24, 2.45) is 4.99 Å². The smallest absolute Gasteiger partial charge is 0.282 e. The van der Waals surface area contributed by atoms with Gasteiger partial charge in [-0.05, 0) is 30.7 Å². The highest BCUT2D eigenvalue weighted by Gasteiger charge is 2.14. The molecule has 0 saturated carbocycles. The molecule has 8 heteroatoms. The fourth-order valence-electron chi connectivity index (χ4n) is 2.91. The second kappa shape index (κ2) is 10.1. The van der Waals surface area contributed by atoms with Gasteiger partial charge in [0, 0.05) is 30.3 Å². The molecule has 1 N–H and O–H groups in total. The zero-order chi connectivity index (χ0) is 21.5. The van der Waals surface area contributed by atoms with Gasteiger partial charge in [0.15, 0.2) is 4.80 Å². The first-order chi connectivity index (χ1) is 14.5. The summed E-state index contributed by atoms with van der Waals surface area (Å²) in [6.07, 6.45) is 1.86. The maximum Gasteiger partial charge on any atom is 0.282 e. The first-order valence-electron chi connectivity index (χ1n) is 9.35. The molecule has 2 amide bonds. The molecular weight excluding hydrogens is 405 g/mol. The number of carbonyl (C=O) groups excluding carboxylic acids is 2. The van der Waals surface area contributed by atoms with E-state index in [1.165, 1.54) is 29.5 Å². The molecule has 0 atom stereocenters. The Kier molecular flexibility index (Phi) is 7.26. The van der Waals surface area contributed by atoms with Crippen LogP contribution in [0.25, 0.3) is 0 Å². The van der Waals surface area contributed by atoms with Crippen molar-refractivity contribution in [1.82, 2.24) is 9.88 Å². The Morgan fingerprint density at radius 1 is 1.13 bits per heavy atom. The van der Waals surface area contributed by atoms with Gasteiger partial charge in [-0.25, -0.2) is 4.39 Å². The van der Waals surface area contributed by atoms with E-state index in [1.807, 2.05) is 25.3 Å².